The van der Waals surface area contributed by atoms with Crippen molar-refractivity contribution in [3.8, 4) is 5.88 Å². The molecular weight excluding hydrogens is 364 g/mol. The standard InChI is InChI=1S/C12H14N10O5/c1-12(25)8(24)5(2-23)27-11(12)22-3-15-6-7(22)10(26-4-16-20-13)19-17-9(6)18-21-14/h3,5,8,11,23-25H,2,4H2,1H3/t5-,8-,11-,12-/m1/s1. The van der Waals surface area contributed by atoms with Gasteiger partial charge in [-0.3, -0.25) is 4.57 Å². The number of azide groups is 2. The molecule has 15 heteroatoms. The van der Waals surface area contributed by atoms with E-state index in [-0.39, 0.29) is 22.7 Å². The number of hydrogen-bond donors (Lipinski definition) is 3. The van der Waals surface area contributed by atoms with Crippen LogP contribution in [-0.4, -0.2) is 66.2 Å². The van der Waals surface area contributed by atoms with E-state index in [4.69, 9.17) is 20.5 Å². The van der Waals surface area contributed by atoms with Crippen LogP contribution in [0.1, 0.15) is 13.2 Å². The van der Waals surface area contributed by atoms with Crippen molar-refractivity contribution in [3.05, 3.63) is 27.2 Å². The first-order chi connectivity index (χ1) is 13.0. The van der Waals surface area contributed by atoms with E-state index in [1.54, 1.807) is 0 Å². The molecule has 3 N–H and O–H groups in total. The predicted molar refractivity (Wildman–Crippen MR) is 86.4 cm³/mol. The molecule has 27 heavy (non-hydrogen) atoms. The minimum atomic E-state index is -1.80. The van der Waals surface area contributed by atoms with Crippen molar-refractivity contribution in [1.29, 1.82) is 0 Å². The molecule has 0 bridgehead atoms. The third-order valence-corrected chi connectivity index (χ3v) is 4.09. The van der Waals surface area contributed by atoms with Gasteiger partial charge in [-0.15, -0.1) is 10.2 Å². The molecule has 2 aromatic rings. The lowest BCUT2D eigenvalue weighted by atomic mass is 9.96. The zero-order valence-corrected chi connectivity index (χ0v) is 13.9. The number of rotatable bonds is 6. The Kier molecular flexibility index (Phi) is 4.96. The second kappa shape index (κ2) is 7.20. The van der Waals surface area contributed by atoms with E-state index in [1.807, 2.05) is 0 Å². The largest absolute Gasteiger partial charge is 0.469 e. The van der Waals surface area contributed by atoms with Gasteiger partial charge in [-0.25, -0.2) is 4.98 Å². The third-order valence-electron chi connectivity index (χ3n) is 4.09. The van der Waals surface area contributed by atoms with E-state index < -0.39 is 37.4 Å². The highest BCUT2D eigenvalue weighted by Crippen LogP contribution is 2.41. The van der Waals surface area contributed by atoms with Gasteiger partial charge in [-0.1, -0.05) is 5.11 Å². The van der Waals surface area contributed by atoms with Crippen molar-refractivity contribution in [1.82, 2.24) is 19.7 Å². The first-order valence-electron chi connectivity index (χ1n) is 7.54. The fraction of sp³-hybridized carbons (Fsp3) is 0.583. The molecule has 1 aliphatic rings. The SMILES string of the molecule is C[C@@]1(O)[C@H](O)[C@@H](CO)O[C@H]1n1cnc2c(N=[N+]=[N-])nnc(OCN=[N+]=[N-])c21. The normalized spacial score (nSPS) is 27.2. The van der Waals surface area contributed by atoms with Gasteiger partial charge in [0.25, 0.3) is 5.88 Å². The lowest BCUT2D eigenvalue weighted by Crippen LogP contribution is -2.44. The van der Waals surface area contributed by atoms with Gasteiger partial charge < -0.3 is 24.8 Å². The first-order valence-corrected chi connectivity index (χ1v) is 7.54. The number of aliphatic hydroxyl groups excluding tert-OH is 2. The Morgan fingerprint density at radius 2 is 2.19 bits per heavy atom. The Labute approximate surface area is 150 Å². The van der Waals surface area contributed by atoms with Crippen molar-refractivity contribution in [2.75, 3.05) is 13.3 Å². The van der Waals surface area contributed by atoms with Crippen LogP contribution in [0.4, 0.5) is 5.82 Å². The maximum atomic E-state index is 10.7. The minimum Gasteiger partial charge on any atom is -0.469 e. The summed E-state index contributed by atoms with van der Waals surface area (Å²) < 4.78 is 12.1. The smallest absolute Gasteiger partial charge is 0.260 e. The maximum Gasteiger partial charge on any atom is 0.260 e. The summed E-state index contributed by atoms with van der Waals surface area (Å²) in [7, 11) is 0. The van der Waals surface area contributed by atoms with E-state index in [9.17, 15) is 15.3 Å². The number of aromatic nitrogens is 4. The summed E-state index contributed by atoms with van der Waals surface area (Å²) >= 11 is 0. The first kappa shape index (κ1) is 18.6. The number of imidazole rings is 1. The Hall–Kier alpha value is -3.19. The molecule has 0 unspecified atom stereocenters. The van der Waals surface area contributed by atoms with Crippen LogP contribution in [-0.2, 0) is 4.74 Å². The van der Waals surface area contributed by atoms with Crippen LogP contribution in [0.3, 0.4) is 0 Å². The lowest BCUT2D eigenvalue weighted by Gasteiger charge is -2.27. The molecule has 0 spiro atoms. The summed E-state index contributed by atoms with van der Waals surface area (Å²) in [5, 5.41) is 44.3. The molecule has 0 aromatic carbocycles. The van der Waals surface area contributed by atoms with Crippen LogP contribution in [0.5, 0.6) is 5.88 Å². The summed E-state index contributed by atoms with van der Waals surface area (Å²) in [4.78, 5) is 9.29. The van der Waals surface area contributed by atoms with Crippen molar-refractivity contribution in [2.24, 2.45) is 10.2 Å². The Morgan fingerprint density at radius 1 is 1.41 bits per heavy atom. The molecule has 0 saturated carbocycles. The molecule has 0 amide bonds. The monoisotopic (exact) mass is 378 g/mol. The highest BCUT2D eigenvalue weighted by Gasteiger charge is 2.53. The van der Waals surface area contributed by atoms with Gasteiger partial charge in [0.1, 0.15) is 28.8 Å². The molecule has 0 radical (unpaired) electrons. The highest BCUT2D eigenvalue weighted by molar-refractivity contribution is 5.87. The van der Waals surface area contributed by atoms with Gasteiger partial charge in [0.2, 0.25) is 0 Å². The fourth-order valence-electron chi connectivity index (χ4n) is 2.81. The van der Waals surface area contributed by atoms with Gasteiger partial charge >= 0.3 is 0 Å². The molecule has 142 valence electrons. The van der Waals surface area contributed by atoms with E-state index in [0.717, 1.165) is 0 Å². The fourth-order valence-corrected chi connectivity index (χ4v) is 2.81. The second-order valence-electron chi connectivity index (χ2n) is 5.75. The summed E-state index contributed by atoms with van der Waals surface area (Å²) in [5.41, 5.74) is 15.5. The maximum absolute atomic E-state index is 10.7. The number of nitrogens with zero attached hydrogens (tertiary/aromatic N) is 10. The molecule has 15 nitrogen and oxygen atoms in total. The average molecular weight is 378 g/mol. The van der Waals surface area contributed by atoms with Crippen LogP contribution >= 0.6 is 0 Å². The van der Waals surface area contributed by atoms with Crippen molar-refractivity contribution < 1.29 is 24.8 Å². The van der Waals surface area contributed by atoms with Crippen LogP contribution in [0.2, 0.25) is 0 Å². The van der Waals surface area contributed by atoms with Crippen molar-refractivity contribution in [2.45, 2.75) is 31.0 Å². The number of hydrogen-bond acceptors (Lipinski definition) is 10. The molecule has 1 fully saturated rings. The summed E-state index contributed by atoms with van der Waals surface area (Å²) in [6, 6.07) is 0. The zero-order valence-electron chi connectivity index (χ0n) is 13.9. The van der Waals surface area contributed by atoms with E-state index >= 15 is 0 Å². The minimum absolute atomic E-state index is 0.0834. The highest BCUT2D eigenvalue weighted by atomic mass is 16.6. The summed E-state index contributed by atoms with van der Waals surface area (Å²) in [5.74, 6) is -0.285. The van der Waals surface area contributed by atoms with Crippen LogP contribution in [0, 0.1) is 0 Å². The summed E-state index contributed by atoms with van der Waals surface area (Å²) in [6.07, 6.45) is -2.36. The molecular formula is C12H14N10O5. The third kappa shape index (κ3) is 3.06. The van der Waals surface area contributed by atoms with E-state index in [2.05, 4.69) is 35.2 Å². The molecule has 3 rings (SSSR count). The number of ether oxygens (including phenoxy) is 2. The van der Waals surface area contributed by atoms with Gasteiger partial charge in [0.15, 0.2) is 18.8 Å². The quantitative estimate of drug-likeness (QED) is 0.362. The molecule has 3 heterocycles. The van der Waals surface area contributed by atoms with E-state index in [1.165, 1.54) is 17.8 Å². The lowest BCUT2D eigenvalue weighted by molar-refractivity contribution is -0.0949. The average Bonchev–Trinajstić information content (AvgIpc) is 3.17. The van der Waals surface area contributed by atoms with Crippen molar-refractivity contribution >= 4 is 16.9 Å². The Bertz CT molecular complexity index is 947. The van der Waals surface area contributed by atoms with Gasteiger partial charge in [-0.2, -0.15) is 0 Å². The number of fused-ring (bicyclic) bond motifs is 1. The van der Waals surface area contributed by atoms with E-state index in [0.29, 0.717) is 0 Å². The van der Waals surface area contributed by atoms with Crippen LogP contribution in [0.25, 0.3) is 31.9 Å². The number of aliphatic hydroxyl groups is 3. The molecule has 1 saturated heterocycles. The Balaban J connectivity index is 2.17. The van der Waals surface area contributed by atoms with Crippen LogP contribution < -0.4 is 4.74 Å². The van der Waals surface area contributed by atoms with Crippen molar-refractivity contribution in [3.63, 3.8) is 0 Å². The Morgan fingerprint density at radius 3 is 2.81 bits per heavy atom. The zero-order chi connectivity index (χ0) is 19.6. The summed E-state index contributed by atoms with van der Waals surface area (Å²) in [6.45, 7) is 0.397. The second-order valence-corrected chi connectivity index (χ2v) is 5.75. The molecule has 1 aliphatic heterocycles. The van der Waals surface area contributed by atoms with Gasteiger partial charge in [-0.05, 0) is 23.1 Å². The van der Waals surface area contributed by atoms with Gasteiger partial charge in [0.05, 0.1) is 12.9 Å². The molecule has 2 aromatic heterocycles. The van der Waals surface area contributed by atoms with Crippen LogP contribution in [0.15, 0.2) is 16.6 Å². The van der Waals surface area contributed by atoms with Gasteiger partial charge in [0, 0.05) is 9.82 Å². The molecule has 0 aliphatic carbocycles. The predicted octanol–water partition coefficient (Wildman–Crippen LogP) is 0.416. The topological polar surface area (TPSA) is 220 Å². The molecule has 4 atom stereocenters.